The van der Waals surface area contributed by atoms with Crippen LogP contribution in [0.4, 0.5) is 16.2 Å². The van der Waals surface area contributed by atoms with Gasteiger partial charge in [-0.25, -0.2) is 4.79 Å². The summed E-state index contributed by atoms with van der Waals surface area (Å²) in [5.74, 6) is 1.12. The molecule has 0 aromatic heterocycles. The van der Waals surface area contributed by atoms with Crippen LogP contribution >= 0.6 is 23.2 Å². The van der Waals surface area contributed by atoms with Crippen molar-refractivity contribution in [1.29, 1.82) is 0 Å². The molecule has 3 aromatic carbocycles. The molecule has 1 aliphatic carbocycles. The molecular weight excluding hydrogens is 547 g/mol. The van der Waals surface area contributed by atoms with Gasteiger partial charge in [0.05, 0.1) is 0 Å². The van der Waals surface area contributed by atoms with Crippen LogP contribution in [0.2, 0.25) is 10.0 Å². The molecule has 0 bridgehead atoms. The van der Waals surface area contributed by atoms with Gasteiger partial charge in [0.25, 0.3) is 0 Å². The van der Waals surface area contributed by atoms with Crippen molar-refractivity contribution < 1.29 is 14.3 Å². The molecule has 0 radical (unpaired) electrons. The highest BCUT2D eigenvalue weighted by atomic mass is 35.5. The Hall–Kier alpha value is -3.26. The number of ether oxygens (including phenoxy) is 1. The number of benzene rings is 3. The lowest BCUT2D eigenvalue weighted by Gasteiger charge is -2.36. The molecule has 9 heteroatoms. The summed E-state index contributed by atoms with van der Waals surface area (Å²) in [6.07, 6.45) is 7.05. The minimum atomic E-state index is -0.471. The van der Waals surface area contributed by atoms with Gasteiger partial charge in [0.1, 0.15) is 18.0 Å². The average molecular weight is 582 g/mol. The van der Waals surface area contributed by atoms with Gasteiger partial charge in [0, 0.05) is 46.6 Å². The molecule has 1 saturated heterocycles. The molecular formula is C31H34Cl2N4O3. The molecule has 2 fully saturated rings. The summed E-state index contributed by atoms with van der Waals surface area (Å²) >= 11 is 12.3. The summed E-state index contributed by atoms with van der Waals surface area (Å²) < 4.78 is 5.89. The lowest BCUT2D eigenvalue weighted by atomic mass is 10.0. The van der Waals surface area contributed by atoms with Crippen LogP contribution in [0.3, 0.4) is 0 Å². The number of carbonyl (C=O) groups excluding carboxylic acids is 2. The predicted molar refractivity (Wildman–Crippen MR) is 161 cm³/mol. The predicted octanol–water partition coefficient (Wildman–Crippen LogP) is 7.35. The normalized spacial score (nSPS) is 16.4. The van der Waals surface area contributed by atoms with E-state index in [1.165, 1.54) is 30.6 Å². The Morgan fingerprint density at radius 2 is 1.48 bits per heavy atom. The third kappa shape index (κ3) is 7.68. The number of nitrogens with zero attached hydrogens (tertiary/aromatic N) is 2. The molecule has 0 unspecified atom stereocenters. The monoisotopic (exact) mass is 580 g/mol. The number of nitrogens with one attached hydrogen (secondary N) is 2. The average Bonchev–Trinajstić information content (AvgIpc) is 3.48. The van der Waals surface area contributed by atoms with E-state index in [9.17, 15) is 9.59 Å². The van der Waals surface area contributed by atoms with Crippen molar-refractivity contribution in [1.82, 2.24) is 10.2 Å². The number of piperidine rings is 1. The van der Waals surface area contributed by atoms with Crippen molar-refractivity contribution >= 4 is 46.5 Å². The SMILES string of the molecule is O=C(CN(C(=O)Nc1cc(Cl)cc(Cl)c1)c1ccc(Oc2ccccc2)cc1)NC1CCN(C2CCCC2)CC1. The van der Waals surface area contributed by atoms with Gasteiger partial charge in [-0.1, -0.05) is 54.2 Å². The fraction of sp³-hybridized carbons (Fsp3) is 0.355. The number of para-hydroxylation sites is 1. The van der Waals surface area contributed by atoms with Crippen LogP contribution in [0.15, 0.2) is 72.8 Å². The van der Waals surface area contributed by atoms with Crippen molar-refractivity contribution in [2.24, 2.45) is 0 Å². The first-order valence-corrected chi connectivity index (χ1v) is 14.6. The van der Waals surface area contributed by atoms with Crippen LogP contribution < -0.4 is 20.3 Å². The maximum Gasteiger partial charge on any atom is 0.326 e. The van der Waals surface area contributed by atoms with Gasteiger partial charge in [-0.3, -0.25) is 9.69 Å². The maximum absolute atomic E-state index is 13.4. The second kappa shape index (κ2) is 13.4. The Labute approximate surface area is 245 Å². The van der Waals surface area contributed by atoms with Gasteiger partial charge in [-0.15, -0.1) is 0 Å². The number of anilines is 2. The van der Waals surface area contributed by atoms with Crippen LogP contribution in [-0.4, -0.2) is 48.6 Å². The van der Waals surface area contributed by atoms with E-state index in [2.05, 4.69) is 15.5 Å². The van der Waals surface area contributed by atoms with Crippen molar-refractivity contribution in [3.8, 4) is 11.5 Å². The minimum absolute atomic E-state index is 0.100. The quantitative estimate of drug-likeness (QED) is 0.292. The van der Waals surface area contributed by atoms with Gasteiger partial charge < -0.3 is 20.3 Å². The first kappa shape index (κ1) is 28.3. The molecule has 1 aliphatic heterocycles. The molecule has 1 heterocycles. The topological polar surface area (TPSA) is 73.9 Å². The zero-order chi connectivity index (χ0) is 27.9. The standard InChI is InChI=1S/C31H34Cl2N4O3/c32-22-18-23(33)20-25(19-22)35-31(39)37(27-10-12-29(13-11-27)40-28-8-2-1-3-9-28)21-30(38)34-24-14-16-36(17-15-24)26-6-4-5-7-26/h1-3,8-13,18-20,24,26H,4-7,14-17,21H2,(H,34,38)(H,35,39). The summed E-state index contributed by atoms with van der Waals surface area (Å²) in [7, 11) is 0. The molecule has 40 heavy (non-hydrogen) atoms. The van der Waals surface area contributed by atoms with Crippen LogP contribution in [-0.2, 0) is 4.79 Å². The smallest absolute Gasteiger partial charge is 0.326 e. The van der Waals surface area contributed by atoms with Gasteiger partial charge in [0.2, 0.25) is 5.91 Å². The molecule has 2 aliphatic rings. The largest absolute Gasteiger partial charge is 0.457 e. The summed E-state index contributed by atoms with van der Waals surface area (Å²) in [4.78, 5) is 30.6. The zero-order valence-electron chi connectivity index (χ0n) is 22.3. The Bertz CT molecular complexity index is 1270. The second-order valence-corrected chi connectivity index (χ2v) is 11.3. The van der Waals surface area contributed by atoms with E-state index < -0.39 is 6.03 Å². The Kier molecular flexibility index (Phi) is 9.47. The number of carbonyl (C=O) groups is 2. The first-order chi connectivity index (χ1) is 19.4. The zero-order valence-corrected chi connectivity index (χ0v) is 23.8. The van der Waals surface area contributed by atoms with Crippen LogP contribution in [0, 0.1) is 0 Å². The molecule has 3 aromatic rings. The number of likely N-dealkylation sites (tertiary alicyclic amines) is 1. The Morgan fingerprint density at radius 1 is 0.850 bits per heavy atom. The van der Waals surface area contributed by atoms with Crippen molar-refractivity contribution in [3.05, 3.63) is 82.8 Å². The third-order valence-electron chi connectivity index (χ3n) is 7.52. The number of amides is 3. The number of hydrogen-bond acceptors (Lipinski definition) is 4. The van der Waals surface area contributed by atoms with E-state index in [0.717, 1.165) is 25.9 Å². The third-order valence-corrected chi connectivity index (χ3v) is 7.96. The minimum Gasteiger partial charge on any atom is -0.457 e. The summed E-state index contributed by atoms with van der Waals surface area (Å²) in [6, 6.07) is 21.7. The van der Waals surface area contributed by atoms with Gasteiger partial charge in [-0.2, -0.15) is 0 Å². The van der Waals surface area contributed by atoms with E-state index in [1.54, 1.807) is 42.5 Å². The van der Waals surface area contributed by atoms with Crippen LogP contribution in [0.1, 0.15) is 38.5 Å². The molecule has 0 atom stereocenters. The highest BCUT2D eigenvalue weighted by molar-refractivity contribution is 6.35. The van der Waals surface area contributed by atoms with Gasteiger partial charge in [-0.05, 0) is 80.3 Å². The van der Waals surface area contributed by atoms with Gasteiger partial charge >= 0.3 is 6.03 Å². The lowest BCUT2D eigenvalue weighted by Crippen LogP contribution is -2.50. The Balaban J connectivity index is 1.26. The van der Waals surface area contributed by atoms with E-state index in [4.69, 9.17) is 27.9 Å². The lowest BCUT2D eigenvalue weighted by molar-refractivity contribution is -0.120. The Morgan fingerprint density at radius 3 is 2.12 bits per heavy atom. The fourth-order valence-corrected chi connectivity index (χ4v) is 6.04. The second-order valence-electron chi connectivity index (χ2n) is 10.4. The van der Waals surface area contributed by atoms with Crippen molar-refractivity contribution in [2.45, 2.75) is 50.6 Å². The van der Waals surface area contributed by atoms with E-state index in [1.807, 2.05) is 30.3 Å². The number of urea groups is 1. The highest BCUT2D eigenvalue weighted by Gasteiger charge is 2.28. The van der Waals surface area contributed by atoms with Crippen molar-refractivity contribution in [2.75, 3.05) is 29.9 Å². The van der Waals surface area contributed by atoms with E-state index >= 15 is 0 Å². The van der Waals surface area contributed by atoms with Gasteiger partial charge in [0.15, 0.2) is 0 Å². The van der Waals surface area contributed by atoms with Crippen LogP contribution in [0.5, 0.6) is 11.5 Å². The molecule has 7 nitrogen and oxygen atoms in total. The van der Waals surface area contributed by atoms with Crippen molar-refractivity contribution in [3.63, 3.8) is 0 Å². The maximum atomic E-state index is 13.4. The number of halogens is 2. The molecule has 2 N–H and O–H groups in total. The summed E-state index contributed by atoms with van der Waals surface area (Å²) in [5, 5.41) is 6.78. The fourth-order valence-electron chi connectivity index (χ4n) is 5.51. The highest BCUT2D eigenvalue weighted by Crippen LogP contribution is 2.28. The molecule has 1 saturated carbocycles. The van der Waals surface area contributed by atoms with E-state index in [0.29, 0.717) is 39.0 Å². The van der Waals surface area contributed by atoms with Crippen LogP contribution in [0.25, 0.3) is 0 Å². The molecule has 3 amide bonds. The molecule has 5 rings (SSSR count). The molecule has 210 valence electrons. The van der Waals surface area contributed by atoms with E-state index in [-0.39, 0.29) is 18.5 Å². The molecule has 0 spiro atoms. The number of rotatable bonds is 8. The summed E-state index contributed by atoms with van der Waals surface area (Å²) in [6.45, 7) is 1.86. The number of hydrogen-bond donors (Lipinski definition) is 2. The first-order valence-electron chi connectivity index (χ1n) is 13.8. The summed E-state index contributed by atoms with van der Waals surface area (Å²) in [5.41, 5.74) is 0.994.